The number of nitriles is 1. The van der Waals surface area contributed by atoms with Crippen LogP contribution < -0.4 is 18.9 Å². The molecule has 11 heteroatoms. The maximum Gasteiger partial charge on any atom is 0.349 e. The van der Waals surface area contributed by atoms with Crippen LogP contribution in [0.5, 0.6) is 28.7 Å². The maximum atomic E-state index is 13.4. The van der Waals surface area contributed by atoms with Crippen molar-refractivity contribution in [3.8, 4) is 69.0 Å². The number of aromatic hydroxyl groups is 1. The predicted octanol–water partition coefficient (Wildman–Crippen LogP) is 13.9. The summed E-state index contributed by atoms with van der Waals surface area (Å²) in [5.74, 6) is 3.71. The zero-order valence-electron chi connectivity index (χ0n) is 41.5. The zero-order chi connectivity index (χ0) is 49.5. The van der Waals surface area contributed by atoms with Crippen molar-refractivity contribution < 1.29 is 33.6 Å². The molecule has 0 bridgehead atoms. The number of unbranched alkanes of at least 4 members (excludes halogenated alkanes) is 4. The summed E-state index contributed by atoms with van der Waals surface area (Å²) in [4.78, 5) is 28.2. The Hall–Kier alpha value is -7.19. The van der Waals surface area contributed by atoms with Gasteiger partial charge in [-0.3, -0.25) is 0 Å². The van der Waals surface area contributed by atoms with Crippen molar-refractivity contribution in [3.63, 3.8) is 0 Å². The molecule has 0 radical (unpaired) electrons. The first-order valence-electron chi connectivity index (χ1n) is 25.0. The smallest absolute Gasteiger partial charge is 0.349 e. The number of nitrogens with zero attached hydrogens (tertiary/aromatic N) is 4. The number of rotatable bonds is 28. The molecule has 0 spiro atoms. The average molecular weight is 945 g/mol. The molecule has 11 nitrogen and oxygen atoms in total. The van der Waals surface area contributed by atoms with Gasteiger partial charge < -0.3 is 28.8 Å². The van der Waals surface area contributed by atoms with Crippen LogP contribution in [-0.2, 0) is 9.53 Å². The lowest BCUT2D eigenvalue weighted by atomic mass is 9.93. The van der Waals surface area contributed by atoms with Gasteiger partial charge in [0.2, 0.25) is 0 Å². The molecule has 2 unspecified atom stereocenters. The van der Waals surface area contributed by atoms with Crippen LogP contribution >= 0.6 is 0 Å². The van der Waals surface area contributed by atoms with E-state index in [4.69, 9.17) is 38.6 Å². The number of hydrogen-bond acceptors (Lipinski definition) is 11. The lowest BCUT2D eigenvalue weighted by molar-refractivity contribution is -0.138. The predicted molar refractivity (Wildman–Crippen MR) is 277 cm³/mol. The van der Waals surface area contributed by atoms with Gasteiger partial charge in [-0.05, 0) is 104 Å². The highest BCUT2D eigenvalue weighted by Crippen LogP contribution is 2.37. The standard InChI is InChI=1S/C59H68N4O7/c1-6-10-21-42(8-3)40-69-48-31-33-50(53(64)37-48)57-61-56(46-27-29-47(66-5)30-28-46)62-58(63-57)51-34-32-49(70-41-43(9-4)22-11-7-2)38-54(51)67-35-19-14-20-36-68-59(65)52(39-60)55(44-23-15-12-16-24-44)45-25-17-13-18-26-45/h12-13,15-18,23-34,37-38,42-43,64H,6-11,14,19-22,35-36,40-41H2,1-5H3. The SMILES string of the molecule is CCCCC(CC)COc1ccc(-c2nc(-c3ccc(OC)cc3)nc(-c3ccc(OCC(CC)CCCC)cc3OCCCCCOC(=O)C(C#N)=C(c3ccccc3)c3ccccc3)n2)c(O)c1. The Morgan fingerprint density at radius 3 is 1.67 bits per heavy atom. The fourth-order valence-corrected chi connectivity index (χ4v) is 8.07. The van der Waals surface area contributed by atoms with Gasteiger partial charge in [0.15, 0.2) is 17.5 Å². The van der Waals surface area contributed by atoms with E-state index in [0.29, 0.717) is 102 Å². The molecule has 0 aliphatic carbocycles. The van der Waals surface area contributed by atoms with Crippen molar-refractivity contribution in [1.29, 1.82) is 5.26 Å². The van der Waals surface area contributed by atoms with Gasteiger partial charge in [0.05, 0.1) is 44.7 Å². The second-order valence-corrected chi connectivity index (χ2v) is 17.5. The molecule has 0 aliphatic heterocycles. The van der Waals surface area contributed by atoms with Gasteiger partial charge in [-0.25, -0.2) is 19.7 Å². The Morgan fingerprint density at radius 1 is 0.600 bits per heavy atom. The van der Waals surface area contributed by atoms with Gasteiger partial charge in [0, 0.05) is 23.3 Å². The van der Waals surface area contributed by atoms with E-state index in [1.807, 2.05) is 109 Å². The van der Waals surface area contributed by atoms with E-state index >= 15 is 0 Å². The van der Waals surface area contributed by atoms with Crippen LogP contribution in [0.4, 0.5) is 0 Å². The number of benzene rings is 5. The number of hydrogen-bond donors (Lipinski definition) is 1. The molecule has 5 aromatic carbocycles. The highest BCUT2D eigenvalue weighted by molar-refractivity contribution is 6.05. The molecule has 70 heavy (non-hydrogen) atoms. The number of carbonyl (C=O) groups is 1. The Balaban J connectivity index is 1.23. The van der Waals surface area contributed by atoms with Crippen molar-refractivity contribution in [2.45, 2.75) is 98.3 Å². The number of esters is 1. The summed E-state index contributed by atoms with van der Waals surface area (Å²) in [6.45, 7) is 10.4. The lowest BCUT2D eigenvalue weighted by Crippen LogP contribution is -2.12. The van der Waals surface area contributed by atoms with Crippen molar-refractivity contribution >= 4 is 11.5 Å². The molecule has 0 fully saturated rings. The molecule has 366 valence electrons. The summed E-state index contributed by atoms with van der Waals surface area (Å²) in [7, 11) is 1.62. The summed E-state index contributed by atoms with van der Waals surface area (Å²) >= 11 is 0. The summed E-state index contributed by atoms with van der Waals surface area (Å²) in [5, 5.41) is 21.7. The minimum Gasteiger partial charge on any atom is -0.507 e. The van der Waals surface area contributed by atoms with Gasteiger partial charge in [-0.15, -0.1) is 0 Å². The van der Waals surface area contributed by atoms with Crippen LogP contribution in [-0.4, -0.2) is 59.6 Å². The van der Waals surface area contributed by atoms with Gasteiger partial charge in [-0.1, -0.05) is 127 Å². The van der Waals surface area contributed by atoms with E-state index in [0.717, 1.165) is 68.1 Å². The van der Waals surface area contributed by atoms with E-state index < -0.39 is 5.97 Å². The number of phenolic OH excluding ortho intramolecular Hbond substituents is 1. The number of methoxy groups -OCH3 is 1. The molecule has 1 N–H and O–H groups in total. The Morgan fingerprint density at radius 2 is 1.13 bits per heavy atom. The molecule has 2 atom stereocenters. The van der Waals surface area contributed by atoms with Crippen LogP contribution in [0.3, 0.4) is 0 Å². The quantitative estimate of drug-likeness (QED) is 0.0217. The third kappa shape index (κ3) is 14.9. The van der Waals surface area contributed by atoms with E-state index in [1.54, 1.807) is 19.2 Å². The monoisotopic (exact) mass is 945 g/mol. The van der Waals surface area contributed by atoms with E-state index in [1.165, 1.54) is 0 Å². The number of carbonyl (C=O) groups excluding carboxylic acids is 1. The Labute approximate surface area is 414 Å². The van der Waals surface area contributed by atoms with Crippen LogP contribution in [0.2, 0.25) is 0 Å². The highest BCUT2D eigenvalue weighted by Gasteiger charge is 2.22. The molecule has 1 heterocycles. The Kier molecular flexibility index (Phi) is 20.7. The third-order valence-corrected chi connectivity index (χ3v) is 12.4. The summed E-state index contributed by atoms with van der Waals surface area (Å²) in [5.41, 5.74) is 3.80. The van der Waals surface area contributed by atoms with Crippen molar-refractivity contribution in [2.24, 2.45) is 11.8 Å². The van der Waals surface area contributed by atoms with Crippen LogP contribution in [0.1, 0.15) is 109 Å². The lowest BCUT2D eigenvalue weighted by Gasteiger charge is -2.18. The molecule has 6 aromatic rings. The molecule has 0 saturated carbocycles. The van der Waals surface area contributed by atoms with Crippen LogP contribution in [0.15, 0.2) is 127 Å². The number of phenols is 1. The van der Waals surface area contributed by atoms with Crippen molar-refractivity contribution in [3.05, 3.63) is 138 Å². The third-order valence-electron chi connectivity index (χ3n) is 12.4. The van der Waals surface area contributed by atoms with Gasteiger partial charge >= 0.3 is 5.97 Å². The first-order valence-corrected chi connectivity index (χ1v) is 25.0. The van der Waals surface area contributed by atoms with Crippen molar-refractivity contribution in [1.82, 2.24) is 15.0 Å². The normalized spacial score (nSPS) is 11.8. The van der Waals surface area contributed by atoms with Crippen LogP contribution in [0, 0.1) is 23.2 Å². The van der Waals surface area contributed by atoms with E-state index in [9.17, 15) is 15.2 Å². The summed E-state index contributed by atoms with van der Waals surface area (Å²) < 4.78 is 30.3. The zero-order valence-corrected chi connectivity index (χ0v) is 41.5. The van der Waals surface area contributed by atoms with Gasteiger partial charge in [0.25, 0.3) is 0 Å². The first kappa shape index (κ1) is 52.2. The van der Waals surface area contributed by atoms with Gasteiger partial charge in [-0.2, -0.15) is 5.26 Å². The highest BCUT2D eigenvalue weighted by atomic mass is 16.5. The molecular weight excluding hydrogens is 877 g/mol. The van der Waals surface area contributed by atoms with Gasteiger partial charge in [0.1, 0.15) is 40.4 Å². The largest absolute Gasteiger partial charge is 0.507 e. The minimum absolute atomic E-state index is 0.0101. The molecule has 0 saturated heterocycles. The number of ether oxygens (including phenoxy) is 5. The van der Waals surface area contributed by atoms with E-state index in [-0.39, 0.29) is 23.8 Å². The first-order chi connectivity index (χ1) is 34.3. The molecule has 6 rings (SSSR count). The summed E-state index contributed by atoms with van der Waals surface area (Å²) in [6, 6.07) is 39.4. The maximum absolute atomic E-state index is 13.4. The average Bonchev–Trinajstić information content (AvgIpc) is 3.40. The van der Waals surface area contributed by atoms with Crippen molar-refractivity contribution in [2.75, 3.05) is 33.5 Å². The summed E-state index contributed by atoms with van der Waals surface area (Å²) in [6.07, 6.45) is 10.7. The Bertz CT molecular complexity index is 2590. The van der Waals surface area contributed by atoms with E-state index in [2.05, 4.69) is 33.8 Å². The topological polar surface area (TPSA) is 146 Å². The molecule has 0 amide bonds. The minimum atomic E-state index is -0.658. The fraction of sp³-hybridized carbons (Fsp3) is 0.373. The molecule has 1 aromatic heterocycles. The molecular formula is C59H68N4O7. The molecule has 0 aliphatic rings. The second-order valence-electron chi connectivity index (χ2n) is 17.5. The fourth-order valence-electron chi connectivity index (χ4n) is 8.07. The second kappa shape index (κ2) is 27.7. The number of aromatic nitrogens is 3. The van der Waals surface area contributed by atoms with Crippen LogP contribution in [0.25, 0.3) is 39.7 Å².